The van der Waals surface area contributed by atoms with Crippen LogP contribution in [0.1, 0.15) is 73.1 Å². The molecule has 0 N–H and O–H groups in total. The molecule has 2 nitrogen and oxygen atoms in total. The summed E-state index contributed by atoms with van der Waals surface area (Å²) in [6.07, 6.45) is 11.5. The minimum atomic E-state index is -0.231. The molecule has 2 heteroatoms. The minimum absolute atomic E-state index is 0.231. The van der Waals surface area contributed by atoms with Crippen molar-refractivity contribution in [2.24, 2.45) is 22.7 Å². The second kappa shape index (κ2) is 6.83. The summed E-state index contributed by atoms with van der Waals surface area (Å²) in [6.45, 7) is 11.8. The lowest BCUT2D eigenvalue weighted by atomic mass is 9.47. The SMILES string of the molecule is COC(=O)/C=C(\C)CCC1(C)C(C)CCC2(C)C(C)=CCCC21. The first-order valence-electron chi connectivity index (χ1n) is 9.16. The average molecular weight is 319 g/mol. The molecule has 2 aliphatic carbocycles. The lowest BCUT2D eigenvalue weighted by molar-refractivity contribution is -0.134. The van der Waals surface area contributed by atoms with Crippen LogP contribution in [0.2, 0.25) is 0 Å². The van der Waals surface area contributed by atoms with Gasteiger partial charge in [-0.25, -0.2) is 4.79 Å². The van der Waals surface area contributed by atoms with Crippen LogP contribution in [-0.4, -0.2) is 13.1 Å². The van der Waals surface area contributed by atoms with Crippen molar-refractivity contribution in [3.8, 4) is 0 Å². The number of carbonyl (C=O) groups is 1. The lowest BCUT2D eigenvalue weighted by Crippen LogP contribution is -2.49. The standard InChI is InChI=1S/C21H34O2/c1-15(14-19(22)23-6)10-12-20(4)17(3)11-13-21(5)16(2)8-7-9-18(20)21/h8,14,17-18H,7,9-13H2,1-6H3/b15-14+. The van der Waals surface area contributed by atoms with Crippen LogP contribution in [0.25, 0.3) is 0 Å². The van der Waals surface area contributed by atoms with Crippen molar-refractivity contribution in [1.82, 2.24) is 0 Å². The third-order valence-electron chi connectivity index (χ3n) is 7.22. The second-order valence-corrected chi connectivity index (χ2v) is 8.39. The Morgan fingerprint density at radius 3 is 2.74 bits per heavy atom. The fourth-order valence-electron chi connectivity index (χ4n) is 5.13. The van der Waals surface area contributed by atoms with E-state index in [1.54, 1.807) is 11.6 Å². The Kier molecular flexibility index (Phi) is 5.43. The molecule has 23 heavy (non-hydrogen) atoms. The highest BCUT2D eigenvalue weighted by atomic mass is 16.5. The molecule has 0 aromatic rings. The molecule has 0 saturated heterocycles. The zero-order valence-electron chi connectivity index (χ0n) is 15.9. The molecule has 0 radical (unpaired) electrons. The van der Waals surface area contributed by atoms with E-state index >= 15 is 0 Å². The summed E-state index contributed by atoms with van der Waals surface area (Å²) in [5, 5.41) is 0. The van der Waals surface area contributed by atoms with E-state index in [1.165, 1.54) is 39.2 Å². The first-order chi connectivity index (χ1) is 10.7. The monoisotopic (exact) mass is 318 g/mol. The highest BCUT2D eigenvalue weighted by Crippen LogP contribution is 2.61. The highest BCUT2D eigenvalue weighted by molar-refractivity contribution is 5.82. The van der Waals surface area contributed by atoms with Gasteiger partial charge in [-0.05, 0) is 75.0 Å². The molecule has 0 bridgehead atoms. The van der Waals surface area contributed by atoms with Crippen molar-refractivity contribution in [3.05, 3.63) is 23.3 Å². The van der Waals surface area contributed by atoms with E-state index in [2.05, 4.69) is 40.7 Å². The number of carbonyl (C=O) groups excluding carboxylic acids is 1. The van der Waals surface area contributed by atoms with E-state index in [9.17, 15) is 4.79 Å². The Balaban J connectivity index is 2.19. The molecule has 2 rings (SSSR count). The van der Waals surface area contributed by atoms with Crippen LogP contribution in [0.3, 0.4) is 0 Å². The molecular weight excluding hydrogens is 284 g/mol. The average Bonchev–Trinajstić information content (AvgIpc) is 2.52. The summed E-state index contributed by atoms with van der Waals surface area (Å²) in [5.74, 6) is 1.28. The summed E-state index contributed by atoms with van der Waals surface area (Å²) in [6, 6.07) is 0. The van der Waals surface area contributed by atoms with E-state index in [0.29, 0.717) is 10.8 Å². The van der Waals surface area contributed by atoms with E-state index in [0.717, 1.165) is 23.8 Å². The molecule has 0 aromatic carbocycles. The van der Waals surface area contributed by atoms with Crippen molar-refractivity contribution >= 4 is 5.97 Å². The van der Waals surface area contributed by atoms with Crippen LogP contribution >= 0.6 is 0 Å². The fraction of sp³-hybridized carbons (Fsp3) is 0.762. The summed E-state index contributed by atoms with van der Waals surface area (Å²) in [7, 11) is 1.44. The summed E-state index contributed by atoms with van der Waals surface area (Å²) < 4.78 is 4.75. The van der Waals surface area contributed by atoms with Gasteiger partial charge < -0.3 is 4.74 Å². The van der Waals surface area contributed by atoms with Crippen LogP contribution in [0.15, 0.2) is 23.3 Å². The van der Waals surface area contributed by atoms with Gasteiger partial charge in [0, 0.05) is 6.08 Å². The van der Waals surface area contributed by atoms with Crippen LogP contribution in [0.4, 0.5) is 0 Å². The van der Waals surface area contributed by atoms with Crippen molar-refractivity contribution < 1.29 is 9.53 Å². The van der Waals surface area contributed by atoms with Gasteiger partial charge in [0.1, 0.15) is 0 Å². The number of hydrogen-bond acceptors (Lipinski definition) is 2. The Morgan fingerprint density at radius 1 is 1.39 bits per heavy atom. The van der Waals surface area contributed by atoms with Crippen molar-refractivity contribution in [2.75, 3.05) is 7.11 Å². The second-order valence-electron chi connectivity index (χ2n) is 8.39. The van der Waals surface area contributed by atoms with Crippen molar-refractivity contribution in [2.45, 2.75) is 73.1 Å². The maximum Gasteiger partial charge on any atom is 0.330 e. The largest absolute Gasteiger partial charge is 0.466 e. The number of fused-ring (bicyclic) bond motifs is 1. The third kappa shape index (κ3) is 3.41. The molecule has 0 heterocycles. The molecular formula is C21H34O2. The predicted molar refractivity (Wildman–Crippen MR) is 96.1 cm³/mol. The molecule has 0 aromatic heterocycles. The quantitative estimate of drug-likeness (QED) is 0.378. The van der Waals surface area contributed by atoms with Gasteiger partial charge in [0.15, 0.2) is 0 Å². The number of esters is 1. The molecule has 4 unspecified atom stereocenters. The number of methoxy groups -OCH3 is 1. The maximum atomic E-state index is 11.4. The number of allylic oxidation sites excluding steroid dienone is 3. The van der Waals surface area contributed by atoms with E-state index in [-0.39, 0.29) is 5.97 Å². The molecule has 1 fully saturated rings. The van der Waals surface area contributed by atoms with E-state index in [4.69, 9.17) is 4.74 Å². The number of ether oxygens (including phenoxy) is 1. The van der Waals surface area contributed by atoms with Gasteiger partial charge in [-0.2, -0.15) is 0 Å². The summed E-state index contributed by atoms with van der Waals surface area (Å²) >= 11 is 0. The van der Waals surface area contributed by atoms with Crippen LogP contribution < -0.4 is 0 Å². The lowest BCUT2D eigenvalue weighted by Gasteiger charge is -2.58. The first kappa shape index (κ1) is 18.3. The van der Waals surface area contributed by atoms with Crippen LogP contribution in [0.5, 0.6) is 0 Å². The Bertz CT molecular complexity index is 516. The number of rotatable bonds is 4. The van der Waals surface area contributed by atoms with Gasteiger partial charge in [0.2, 0.25) is 0 Å². The zero-order chi connectivity index (χ0) is 17.3. The molecule has 130 valence electrons. The summed E-state index contributed by atoms with van der Waals surface area (Å²) in [4.78, 5) is 11.4. The predicted octanol–water partition coefficient (Wildman–Crippen LogP) is 5.68. The van der Waals surface area contributed by atoms with Crippen LogP contribution in [0, 0.1) is 22.7 Å². The van der Waals surface area contributed by atoms with E-state index in [1.807, 2.05) is 0 Å². The van der Waals surface area contributed by atoms with Gasteiger partial charge in [-0.3, -0.25) is 0 Å². The topological polar surface area (TPSA) is 26.3 Å². The fourth-order valence-corrected chi connectivity index (χ4v) is 5.13. The van der Waals surface area contributed by atoms with Crippen molar-refractivity contribution in [3.63, 3.8) is 0 Å². The first-order valence-corrected chi connectivity index (χ1v) is 9.16. The highest BCUT2D eigenvalue weighted by Gasteiger charge is 2.52. The third-order valence-corrected chi connectivity index (χ3v) is 7.22. The van der Waals surface area contributed by atoms with E-state index < -0.39 is 0 Å². The molecule has 0 aliphatic heterocycles. The number of hydrogen-bond donors (Lipinski definition) is 0. The van der Waals surface area contributed by atoms with Gasteiger partial charge >= 0.3 is 5.97 Å². The molecule has 2 aliphatic rings. The minimum Gasteiger partial charge on any atom is -0.466 e. The molecule has 1 saturated carbocycles. The Labute approximate surface area is 142 Å². The summed E-state index contributed by atoms with van der Waals surface area (Å²) in [5.41, 5.74) is 3.47. The normalized spacial score (nSPS) is 37.8. The molecule has 0 spiro atoms. The van der Waals surface area contributed by atoms with Crippen LogP contribution in [-0.2, 0) is 9.53 Å². The molecule has 0 amide bonds. The van der Waals surface area contributed by atoms with Gasteiger partial charge in [0.25, 0.3) is 0 Å². The van der Waals surface area contributed by atoms with Gasteiger partial charge in [0.05, 0.1) is 7.11 Å². The Morgan fingerprint density at radius 2 is 2.09 bits per heavy atom. The van der Waals surface area contributed by atoms with Gasteiger partial charge in [-0.1, -0.05) is 38.0 Å². The maximum absolute atomic E-state index is 11.4. The van der Waals surface area contributed by atoms with Crippen molar-refractivity contribution in [1.29, 1.82) is 0 Å². The Hall–Kier alpha value is -1.05. The smallest absolute Gasteiger partial charge is 0.330 e. The molecule has 4 atom stereocenters. The zero-order valence-corrected chi connectivity index (χ0v) is 15.9. The van der Waals surface area contributed by atoms with Gasteiger partial charge in [-0.15, -0.1) is 0 Å².